The third-order valence-corrected chi connectivity index (χ3v) is 6.24. The molecule has 0 saturated carbocycles. The van der Waals surface area contributed by atoms with Crippen molar-refractivity contribution in [2.45, 2.75) is 20.3 Å². The second-order valence-electron chi connectivity index (χ2n) is 7.93. The van der Waals surface area contributed by atoms with E-state index in [0.717, 1.165) is 76.7 Å². The molecule has 2 heterocycles. The number of benzene rings is 2. The minimum absolute atomic E-state index is 0.726. The van der Waals surface area contributed by atoms with Gasteiger partial charge in [0.1, 0.15) is 0 Å². The van der Waals surface area contributed by atoms with Gasteiger partial charge in [0.2, 0.25) is 0 Å². The first kappa shape index (κ1) is 20.5. The molecule has 3 aromatic rings. The summed E-state index contributed by atoms with van der Waals surface area (Å²) in [6.45, 7) is 16.5. The first-order valence-corrected chi connectivity index (χ1v) is 10.9. The number of allylic oxidation sites excluding steroid dienone is 1. The van der Waals surface area contributed by atoms with Crippen molar-refractivity contribution in [2.24, 2.45) is 0 Å². The van der Waals surface area contributed by atoms with Crippen LogP contribution in [0, 0.1) is 0 Å². The summed E-state index contributed by atoms with van der Waals surface area (Å²) in [5, 5.41) is 1.69. The van der Waals surface area contributed by atoms with E-state index in [-0.39, 0.29) is 0 Å². The number of hydrogen-bond donors (Lipinski definition) is 0. The second kappa shape index (κ2) is 8.53. The number of rotatable bonds is 5. The molecule has 1 fully saturated rings. The Balaban J connectivity index is 1.64. The molecule has 30 heavy (non-hydrogen) atoms. The number of aromatic nitrogens is 1. The van der Waals surface area contributed by atoms with Crippen LogP contribution in [0.4, 0.5) is 0 Å². The van der Waals surface area contributed by atoms with Gasteiger partial charge in [0.25, 0.3) is 0 Å². The van der Waals surface area contributed by atoms with Gasteiger partial charge in [-0.3, -0.25) is 0 Å². The first-order chi connectivity index (χ1) is 14.5. The van der Waals surface area contributed by atoms with E-state index in [4.69, 9.17) is 16.6 Å². The van der Waals surface area contributed by atoms with Crippen molar-refractivity contribution in [3.63, 3.8) is 0 Å². The lowest BCUT2D eigenvalue weighted by Crippen LogP contribution is -2.44. The van der Waals surface area contributed by atoms with Gasteiger partial charge in [-0.2, -0.15) is 0 Å². The lowest BCUT2D eigenvalue weighted by molar-refractivity contribution is 0.215. The van der Waals surface area contributed by atoms with Gasteiger partial charge in [-0.05, 0) is 42.7 Å². The highest BCUT2D eigenvalue weighted by Crippen LogP contribution is 2.31. The van der Waals surface area contributed by atoms with Crippen LogP contribution in [0.5, 0.6) is 0 Å². The summed E-state index contributed by atoms with van der Waals surface area (Å²) >= 11 is 6.63. The summed E-state index contributed by atoms with van der Waals surface area (Å²) in [4.78, 5) is 9.61. The number of aryl methyl sites for hydroxylation is 1. The first-order valence-electron chi connectivity index (χ1n) is 10.5. The molecule has 154 valence electrons. The van der Waals surface area contributed by atoms with E-state index >= 15 is 0 Å². The number of fused-ring (bicyclic) bond motifs is 1. The molecule has 2 aromatic carbocycles. The molecule has 1 aromatic heterocycles. The Hall–Kier alpha value is -2.78. The fourth-order valence-electron chi connectivity index (χ4n) is 4.00. The Labute approximate surface area is 184 Å². The molecule has 0 radical (unpaired) electrons. The van der Waals surface area contributed by atoms with E-state index in [9.17, 15) is 0 Å². The fourth-order valence-corrected chi connectivity index (χ4v) is 4.27. The van der Waals surface area contributed by atoms with E-state index < -0.39 is 0 Å². The van der Waals surface area contributed by atoms with E-state index in [0.29, 0.717) is 0 Å². The van der Waals surface area contributed by atoms with Crippen LogP contribution in [0.3, 0.4) is 0 Å². The predicted octanol–water partition coefficient (Wildman–Crippen LogP) is 6.24. The molecule has 0 unspecified atom stereocenters. The van der Waals surface area contributed by atoms with Gasteiger partial charge in [0.05, 0.1) is 16.2 Å². The summed E-state index contributed by atoms with van der Waals surface area (Å²) in [6, 6.07) is 16.7. The third kappa shape index (κ3) is 4.08. The maximum atomic E-state index is 6.63. The van der Waals surface area contributed by atoms with Crippen LogP contribution in [0.2, 0.25) is 5.02 Å². The number of piperazine rings is 1. The summed E-state index contributed by atoms with van der Waals surface area (Å²) in [7, 11) is 0. The van der Waals surface area contributed by atoms with Crippen LogP contribution < -0.4 is 0 Å². The zero-order chi connectivity index (χ0) is 21.3. The molecule has 0 spiro atoms. The highest BCUT2D eigenvalue weighted by Gasteiger charge is 2.19. The zero-order valence-corrected chi connectivity index (χ0v) is 18.5. The molecule has 4 rings (SSSR count). The normalized spacial score (nSPS) is 14.2. The maximum absolute atomic E-state index is 6.63. The van der Waals surface area contributed by atoms with E-state index in [1.807, 2.05) is 6.07 Å². The van der Waals surface area contributed by atoms with Gasteiger partial charge in [0, 0.05) is 48.5 Å². The van der Waals surface area contributed by atoms with Crippen LogP contribution in [0.25, 0.3) is 27.9 Å². The number of halogens is 1. The van der Waals surface area contributed by atoms with E-state index in [1.54, 1.807) is 0 Å². The molecule has 1 aliphatic heterocycles. The van der Waals surface area contributed by atoms with Gasteiger partial charge in [-0.15, -0.1) is 0 Å². The van der Waals surface area contributed by atoms with Crippen LogP contribution in [0.15, 0.2) is 67.4 Å². The Morgan fingerprint density at radius 1 is 1.00 bits per heavy atom. The average Bonchev–Trinajstić information content (AvgIpc) is 2.78. The minimum Gasteiger partial charge on any atom is -0.372 e. The summed E-state index contributed by atoms with van der Waals surface area (Å²) < 4.78 is 0. The summed E-state index contributed by atoms with van der Waals surface area (Å²) in [5.41, 5.74) is 7.45. The number of pyridine rings is 1. The van der Waals surface area contributed by atoms with Gasteiger partial charge in [-0.25, -0.2) is 4.98 Å². The molecule has 0 atom stereocenters. The third-order valence-electron chi connectivity index (χ3n) is 5.92. The molecule has 1 aliphatic rings. The number of nitrogens with zero attached hydrogens (tertiary/aromatic N) is 3. The van der Waals surface area contributed by atoms with Crippen molar-refractivity contribution >= 4 is 28.2 Å². The molecule has 0 N–H and O–H groups in total. The Bertz CT molecular complexity index is 1110. The molecule has 4 heteroatoms. The quantitative estimate of drug-likeness (QED) is 0.489. The SMILES string of the molecule is C=C(C)N1CCN(C(=C)c2ccc3c(Cl)cc(-c4cccc(CC)c4)nc3c2)CC1. The molecule has 1 saturated heterocycles. The minimum atomic E-state index is 0.726. The Morgan fingerprint density at radius 3 is 2.43 bits per heavy atom. The lowest BCUT2D eigenvalue weighted by atomic mass is 10.0. The topological polar surface area (TPSA) is 19.4 Å². The van der Waals surface area contributed by atoms with Crippen molar-refractivity contribution in [1.29, 1.82) is 0 Å². The van der Waals surface area contributed by atoms with Gasteiger partial charge in [-0.1, -0.05) is 62.0 Å². The van der Waals surface area contributed by atoms with Crippen molar-refractivity contribution in [3.05, 3.63) is 83.5 Å². The van der Waals surface area contributed by atoms with Gasteiger partial charge in [0.15, 0.2) is 0 Å². The van der Waals surface area contributed by atoms with E-state index in [1.165, 1.54) is 5.56 Å². The predicted molar refractivity (Wildman–Crippen MR) is 129 cm³/mol. The molecular weight excluding hydrogens is 390 g/mol. The zero-order valence-electron chi connectivity index (χ0n) is 17.8. The molecule has 0 bridgehead atoms. The molecular formula is C26H28ClN3. The van der Waals surface area contributed by atoms with Crippen LogP contribution in [-0.4, -0.2) is 41.0 Å². The van der Waals surface area contributed by atoms with Gasteiger partial charge >= 0.3 is 0 Å². The van der Waals surface area contributed by atoms with E-state index in [2.05, 4.69) is 79.3 Å². The average molecular weight is 418 g/mol. The standard InChI is InChI=1S/C26H28ClN3/c1-5-20-7-6-8-22(15-20)25-17-24(27)23-10-9-21(16-26(23)28-25)19(4)30-13-11-29(12-14-30)18(2)3/h6-10,15-17H,2,4-5,11-14H2,1,3H3. The lowest BCUT2D eigenvalue weighted by Gasteiger charge is -2.38. The van der Waals surface area contributed by atoms with Crippen molar-refractivity contribution < 1.29 is 0 Å². The van der Waals surface area contributed by atoms with Crippen molar-refractivity contribution in [3.8, 4) is 11.3 Å². The summed E-state index contributed by atoms with van der Waals surface area (Å²) in [6.07, 6.45) is 0.998. The molecule has 3 nitrogen and oxygen atoms in total. The highest BCUT2D eigenvalue weighted by atomic mass is 35.5. The molecule has 0 aliphatic carbocycles. The van der Waals surface area contributed by atoms with Crippen LogP contribution in [-0.2, 0) is 6.42 Å². The highest BCUT2D eigenvalue weighted by molar-refractivity contribution is 6.35. The molecule has 0 amide bonds. The summed E-state index contributed by atoms with van der Waals surface area (Å²) in [5.74, 6) is 0. The Morgan fingerprint density at radius 2 is 1.73 bits per heavy atom. The largest absolute Gasteiger partial charge is 0.372 e. The fraction of sp³-hybridized carbons (Fsp3) is 0.269. The Kier molecular flexibility index (Phi) is 5.83. The van der Waals surface area contributed by atoms with Crippen LogP contribution >= 0.6 is 11.6 Å². The monoisotopic (exact) mass is 417 g/mol. The van der Waals surface area contributed by atoms with Crippen LogP contribution in [0.1, 0.15) is 25.0 Å². The van der Waals surface area contributed by atoms with Crippen molar-refractivity contribution in [1.82, 2.24) is 14.8 Å². The smallest absolute Gasteiger partial charge is 0.0731 e. The van der Waals surface area contributed by atoms with Crippen molar-refractivity contribution in [2.75, 3.05) is 26.2 Å². The van der Waals surface area contributed by atoms with Gasteiger partial charge < -0.3 is 9.80 Å². The number of hydrogen-bond acceptors (Lipinski definition) is 3. The maximum Gasteiger partial charge on any atom is 0.0731 e. The second-order valence-corrected chi connectivity index (χ2v) is 8.34.